The fraction of sp³-hybridized carbons (Fsp3) is 0.636. The van der Waals surface area contributed by atoms with Crippen LogP contribution in [0.15, 0.2) is 24.3 Å². The molecule has 1 aromatic carbocycles. The number of benzene rings is 1. The fourth-order valence-corrected chi connectivity index (χ4v) is 3.85. The van der Waals surface area contributed by atoms with Gasteiger partial charge in [-0.2, -0.15) is 0 Å². The fourth-order valence-electron chi connectivity index (χ4n) is 3.85. The van der Waals surface area contributed by atoms with Gasteiger partial charge in [0.1, 0.15) is 5.75 Å². The van der Waals surface area contributed by atoms with Gasteiger partial charge in [0.25, 0.3) is 0 Å². The van der Waals surface area contributed by atoms with Crippen LogP contribution in [0.25, 0.3) is 0 Å². The maximum absolute atomic E-state index is 12.9. The molecule has 2 heterocycles. The lowest BCUT2D eigenvalue weighted by atomic mass is 10.1. The molecule has 8 nitrogen and oxygen atoms in total. The SMILES string of the molecule is COc1ccccc1CN(CC(=O)N(C)CC(=O)N1CCOCC1)CC1CCCO1. The van der Waals surface area contributed by atoms with Crippen LogP contribution in [0.1, 0.15) is 18.4 Å². The highest BCUT2D eigenvalue weighted by atomic mass is 16.5. The summed E-state index contributed by atoms with van der Waals surface area (Å²) in [6.45, 7) is 4.62. The zero-order valence-electron chi connectivity index (χ0n) is 18.0. The molecule has 0 bridgehead atoms. The number of carbonyl (C=O) groups is 2. The number of para-hydroxylation sites is 1. The number of hydrogen-bond acceptors (Lipinski definition) is 6. The molecule has 1 aromatic rings. The molecule has 166 valence electrons. The topological polar surface area (TPSA) is 71.6 Å². The molecule has 0 spiro atoms. The number of hydrogen-bond donors (Lipinski definition) is 0. The smallest absolute Gasteiger partial charge is 0.242 e. The van der Waals surface area contributed by atoms with E-state index in [1.54, 1.807) is 19.1 Å². The van der Waals surface area contributed by atoms with Gasteiger partial charge in [-0.15, -0.1) is 0 Å². The minimum atomic E-state index is -0.0792. The van der Waals surface area contributed by atoms with Crippen LogP contribution in [-0.2, 0) is 25.6 Å². The summed E-state index contributed by atoms with van der Waals surface area (Å²) in [7, 11) is 3.34. The average molecular weight is 420 g/mol. The lowest BCUT2D eigenvalue weighted by Crippen LogP contribution is -2.48. The summed E-state index contributed by atoms with van der Waals surface area (Å²) < 4.78 is 16.6. The Kier molecular flexibility index (Phi) is 8.48. The number of carbonyl (C=O) groups excluding carboxylic acids is 2. The molecule has 30 heavy (non-hydrogen) atoms. The van der Waals surface area contributed by atoms with Crippen molar-refractivity contribution in [2.45, 2.75) is 25.5 Å². The number of amides is 2. The van der Waals surface area contributed by atoms with Gasteiger partial charge >= 0.3 is 0 Å². The van der Waals surface area contributed by atoms with Crippen LogP contribution in [-0.4, -0.2) is 99.3 Å². The highest BCUT2D eigenvalue weighted by Gasteiger charge is 2.25. The largest absolute Gasteiger partial charge is 0.496 e. The van der Waals surface area contributed by atoms with Crippen molar-refractivity contribution in [2.24, 2.45) is 0 Å². The summed E-state index contributed by atoms with van der Waals surface area (Å²) in [5.41, 5.74) is 1.03. The molecule has 0 aliphatic carbocycles. The van der Waals surface area contributed by atoms with Gasteiger partial charge in [0.15, 0.2) is 0 Å². The first-order valence-corrected chi connectivity index (χ1v) is 10.6. The van der Waals surface area contributed by atoms with E-state index in [2.05, 4.69) is 4.90 Å². The van der Waals surface area contributed by atoms with Crippen LogP contribution in [0.5, 0.6) is 5.75 Å². The molecule has 0 radical (unpaired) electrons. The van der Waals surface area contributed by atoms with Crippen LogP contribution in [0.3, 0.4) is 0 Å². The lowest BCUT2D eigenvalue weighted by Gasteiger charge is -2.30. The molecule has 1 unspecified atom stereocenters. The Labute approximate surface area is 178 Å². The number of nitrogens with zero attached hydrogens (tertiary/aromatic N) is 3. The van der Waals surface area contributed by atoms with Gasteiger partial charge in [-0.3, -0.25) is 14.5 Å². The normalized spacial score (nSPS) is 19.2. The maximum Gasteiger partial charge on any atom is 0.242 e. The van der Waals surface area contributed by atoms with Crippen molar-refractivity contribution in [1.29, 1.82) is 0 Å². The Balaban J connectivity index is 1.60. The Hall–Kier alpha value is -2.16. The summed E-state index contributed by atoms with van der Waals surface area (Å²) in [4.78, 5) is 30.7. The van der Waals surface area contributed by atoms with Crippen molar-refractivity contribution >= 4 is 11.8 Å². The molecule has 0 N–H and O–H groups in total. The summed E-state index contributed by atoms with van der Waals surface area (Å²) in [5, 5.41) is 0. The van der Waals surface area contributed by atoms with Crippen molar-refractivity contribution in [3.05, 3.63) is 29.8 Å². The van der Waals surface area contributed by atoms with E-state index in [-0.39, 0.29) is 31.0 Å². The predicted octanol–water partition coefficient (Wildman–Crippen LogP) is 0.993. The second-order valence-corrected chi connectivity index (χ2v) is 7.86. The average Bonchev–Trinajstić information content (AvgIpc) is 3.27. The number of rotatable bonds is 9. The summed E-state index contributed by atoms with van der Waals surface area (Å²) in [6, 6.07) is 7.84. The molecular weight excluding hydrogens is 386 g/mol. The summed E-state index contributed by atoms with van der Waals surface area (Å²) >= 11 is 0. The first-order valence-electron chi connectivity index (χ1n) is 10.6. The van der Waals surface area contributed by atoms with Crippen molar-refractivity contribution < 1.29 is 23.8 Å². The van der Waals surface area contributed by atoms with Gasteiger partial charge in [0.2, 0.25) is 11.8 Å². The van der Waals surface area contributed by atoms with E-state index in [1.165, 1.54) is 4.90 Å². The van der Waals surface area contributed by atoms with E-state index in [1.807, 2.05) is 24.3 Å². The van der Waals surface area contributed by atoms with Gasteiger partial charge < -0.3 is 24.0 Å². The van der Waals surface area contributed by atoms with E-state index in [4.69, 9.17) is 14.2 Å². The van der Waals surface area contributed by atoms with Crippen LogP contribution in [0, 0.1) is 0 Å². The Morgan fingerprint density at radius 2 is 1.93 bits per heavy atom. The minimum Gasteiger partial charge on any atom is -0.496 e. The van der Waals surface area contributed by atoms with Crippen molar-refractivity contribution in [3.8, 4) is 5.75 Å². The van der Waals surface area contributed by atoms with Crippen molar-refractivity contribution in [1.82, 2.24) is 14.7 Å². The molecule has 0 saturated carbocycles. The van der Waals surface area contributed by atoms with Crippen molar-refractivity contribution in [3.63, 3.8) is 0 Å². The molecule has 2 fully saturated rings. The number of likely N-dealkylation sites (N-methyl/N-ethyl adjacent to an activating group) is 1. The Morgan fingerprint density at radius 1 is 1.17 bits per heavy atom. The molecule has 2 saturated heterocycles. The van der Waals surface area contributed by atoms with Gasteiger partial charge in [0, 0.05) is 45.4 Å². The van der Waals surface area contributed by atoms with Crippen LogP contribution < -0.4 is 4.74 Å². The zero-order valence-corrected chi connectivity index (χ0v) is 18.0. The standard InChI is InChI=1S/C22H33N3O5/c1-23(16-22(27)25-9-12-29-13-10-25)21(26)17-24(15-19-7-5-11-30-19)14-18-6-3-4-8-20(18)28-2/h3-4,6,8,19H,5,7,9-17H2,1-2H3. The zero-order chi connectivity index (χ0) is 21.3. The third kappa shape index (κ3) is 6.42. The Morgan fingerprint density at radius 3 is 2.63 bits per heavy atom. The van der Waals surface area contributed by atoms with Gasteiger partial charge in [-0.25, -0.2) is 0 Å². The quantitative estimate of drug-likeness (QED) is 0.595. The van der Waals surface area contributed by atoms with Gasteiger partial charge in [-0.05, 0) is 18.9 Å². The highest BCUT2D eigenvalue weighted by molar-refractivity contribution is 5.85. The van der Waals surface area contributed by atoms with Crippen LogP contribution in [0.2, 0.25) is 0 Å². The number of ether oxygens (including phenoxy) is 3. The van der Waals surface area contributed by atoms with Crippen molar-refractivity contribution in [2.75, 3.05) is 66.7 Å². The van der Waals surface area contributed by atoms with Crippen LogP contribution in [0.4, 0.5) is 0 Å². The molecule has 2 aliphatic rings. The monoisotopic (exact) mass is 419 g/mol. The third-order valence-electron chi connectivity index (χ3n) is 5.59. The molecule has 8 heteroatoms. The maximum atomic E-state index is 12.9. The van der Waals surface area contributed by atoms with E-state index in [0.29, 0.717) is 39.4 Å². The number of morpholine rings is 1. The molecule has 0 aromatic heterocycles. The van der Waals surface area contributed by atoms with Gasteiger partial charge in [-0.1, -0.05) is 18.2 Å². The highest BCUT2D eigenvalue weighted by Crippen LogP contribution is 2.21. The predicted molar refractivity (Wildman–Crippen MR) is 112 cm³/mol. The summed E-state index contributed by atoms with van der Waals surface area (Å²) in [5.74, 6) is 0.687. The molecule has 3 rings (SSSR count). The molecular formula is C22H33N3O5. The lowest BCUT2D eigenvalue weighted by molar-refractivity contribution is -0.142. The minimum absolute atomic E-state index is 0.0374. The second-order valence-electron chi connectivity index (χ2n) is 7.86. The molecule has 2 aliphatic heterocycles. The van der Waals surface area contributed by atoms with E-state index >= 15 is 0 Å². The van der Waals surface area contributed by atoms with Gasteiger partial charge in [0.05, 0.1) is 39.5 Å². The van der Waals surface area contributed by atoms with E-state index in [9.17, 15) is 9.59 Å². The summed E-state index contributed by atoms with van der Waals surface area (Å²) in [6.07, 6.45) is 2.18. The van der Waals surface area contributed by atoms with E-state index in [0.717, 1.165) is 30.8 Å². The van der Waals surface area contributed by atoms with Crippen LogP contribution >= 0.6 is 0 Å². The van der Waals surface area contributed by atoms with E-state index < -0.39 is 0 Å². The number of methoxy groups -OCH3 is 1. The molecule has 1 atom stereocenters. The first kappa shape index (κ1) is 22.5. The second kappa shape index (κ2) is 11.3. The third-order valence-corrected chi connectivity index (χ3v) is 5.59. The first-order chi connectivity index (χ1) is 14.6. The Bertz CT molecular complexity index is 702. The molecule has 2 amide bonds.